The van der Waals surface area contributed by atoms with Crippen molar-refractivity contribution in [3.63, 3.8) is 0 Å². The number of para-hydroxylation sites is 2. The zero-order chi connectivity index (χ0) is 23.6. The highest BCUT2D eigenvalue weighted by atomic mass is 32.2. The van der Waals surface area contributed by atoms with Crippen molar-refractivity contribution < 1.29 is 27.5 Å². The van der Waals surface area contributed by atoms with Gasteiger partial charge in [-0.25, -0.2) is 13.2 Å². The molecule has 3 aromatic rings. The molecular weight excluding hydrogens is 444 g/mol. The predicted octanol–water partition coefficient (Wildman–Crippen LogP) is 3.38. The van der Waals surface area contributed by atoms with Crippen LogP contribution in [0.25, 0.3) is 0 Å². The maximum Gasteiger partial charge on any atom is 0.338 e. The Labute approximate surface area is 191 Å². The molecule has 3 aromatic carbocycles. The number of carbonyl (C=O) groups excluding carboxylic acids is 2. The summed E-state index contributed by atoms with van der Waals surface area (Å²) in [6.45, 7) is 1.47. The molecule has 0 spiro atoms. The Morgan fingerprint density at radius 2 is 1.70 bits per heavy atom. The predicted molar refractivity (Wildman–Crippen MR) is 123 cm³/mol. The summed E-state index contributed by atoms with van der Waals surface area (Å²) < 4.78 is 38.6. The van der Waals surface area contributed by atoms with Crippen molar-refractivity contribution >= 4 is 33.3 Å². The highest BCUT2D eigenvalue weighted by molar-refractivity contribution is 7.92. The quantitative estimate of drug-likeness (QED) is 0.579. The number of nitrogens with one attached hydrogen (secondary N) is 1. The van der Waals surface area contributed by atoms with E-state index in [-0.39, 0.29) is 17.2 Å². The Bertz CT molecular complexity index is 1310. The first-order chi connectivity index (χ1) is 15.8. The number of hydrogen-bond donors (Lipinski definition) is 1. The largest absolute Gasteiger partial charge is 0.476 e. The minimum Gasteiger partial charge on any atom is -0.476 e. The number of amides is 1. The molecule has 1 atom stereocenters. The van der Waals surface area contributed by atoms with Crippen molar-refractivity contribution in [1.29, 1.82) is 0 Å². The monoisotopic (exact) mass is 466 g/mol. The molecule has 1 heterocycles. The number of esters is 1. The van der Waals surface area contributed by atoms with Gasteiger partial charge in [-0.05, 0) is 48.9 Å². The minimum atomic E-state index is -3.93. The molecule has 0 bridgehead atoms. The summed E-state index contributed by atoms with van der Waals surface area (Å²) in [5.41, 5.74) is 1.61. The van der Waals surface area contributed by atoms with Crippen LogP contribution in [0.1, 0.15) is 15.9 Å². The second-order valence-corrected chi connectivity index (χ2v) is 9.24. The van der Waals surface area contributed by atoms with Crippen LogP contribution in [0.4, 0.5) is 11.4 Å². The lowest BCUT2D eigenvalue weighted by Gasteiger charge is -2.34. The van der Waals surface area contributed by atoms with Crippen LogP contribution in [-0.4, -0.2) is 40.1 Å². The third-order valence-corrected chi connectivity index (χ3v) is 7.15. The van der Waals surface area contributed by atoms with Gasteiger partial charge in [0.2, 0.25) is 0 Å². The van der Waals surface area contributed by atoms with E-state index in [1.54, 1.807) is 67.6 Å². The third kappa shape index (κ3) is 4.27. The maximum absolute atomic E-state index is 13.4. The summed E-state index contributed by atoms with van der Waals surface area (Å²) in [5.74, 6) is -0.780. The van der Waals surface area contributed by atoms with E-state index < -0.39 is 28.0 Å². The Kier molecular flexibility index (Phi) is 6.06. The lowest BCUT2D eigenvalue weighted by Crippen LogP contribution is -2.48. The summed E-state index contributed by atoms with van der Waals surface area (Å²) in [4.78, 5) is 25.2. The Hall–Kier alpha value is -3.85. The molecule has 0 aliphatic carbocycles. The zero-order valence-electron chi connectivity index (χ0n) is 18.0. The molecule has 0 unspecified atom stereocenters. The summed E-state index contributed by atoms with van der Waals surface area (Å²) in [7, 11) is -2.65. The second kappa shape index (κ2) is 8.95. The first-order valence-corrected chi connectivity index (χ1v) is 11.6. The molecule has 1 N–H and O–H groups in total. The molecule has 0 saturated heterocycles. The van der Waals surface area contributed by atoms with E-state index in [4.69, 9.17) is 9.47 Å². The summed E-state index contributed by atoms with van der Waals surface area (Å²) in [6.07, 6.45) is -1.11. The van der Waals surface area contributed by atoms with Crippen LogP contribution in [-0.2, 0) is 19.6 Å². The van der Waals surface area contributed by atoms with Gasteiger partial charge in [-0.2, -0.15) is 0 Å². The van der Waals surface area contributed by atoms with Gasteiger partial charge in [0.15, 0.2) is 6.10 Å². The fraction of sp³-hybridized carbons (Fsp3) is 0.167. The van der Waals surface area contributed by atoms with E-state index in [1.165, 1.54) is 23.5 Å². The molecule has 0 fully saturated rings. The molecule has 0 aromatic heterocycles. The first kappa shape index (κ1) is 22.3. The average molecular weight is 467 g/mol. The number of benzene rings is 3. The third-order valence-electron chi connectivity index (χ3n) is 5.36. The van der Waals surface area contributed by atoms with Crippen LogP contribution < -0.4 is 14.4 Å². The Balaban J connectivity index is 1.65. The molecule has 1 aliphatic rings. The lowest BCUT2D eigenvalue weighted by molar-refractivity contribution is -0.122. The van der Waals surface area contributed by atoms with Gasteiger partial charge < -0.3 is 14.8 Å². The number of nitrogens with zero attached hydrogens (tertiary/aromatic N) is 1. The molecule has 33 heavy (non-hydrogen) atoms. The minimum absolute atomic E-state index is 0.113. The van der Waals surface area contributed by atoms with E-state index in [1.807, 2.05) is 0 Å². The molecule has 9 heteroatoms. The Morgan fingerprint density at radius 3 is 2.42 bits per heavy atom. The molecule has 170 valence electrons. The fourth-order valence-corrected chi connectivity index (χ4v) is 5.10. The van der Waals surface area contributed by atoms with Crippen molar-refractivity contribution in [2.24, 2.45) is 0 Å². The van der Waals surface area contributed by atoms with E-state index >= 15 is 0 Å². The molecular formula is C24H22N2O6S. The number of carbonyl (C=O) groups is 2. The zero-order valence-corrected chi connectivity index (χ0v) is 18.8. The van der Waals surface area contributed by atoms with Crippen molar-refractivity contribution in [2.75, 3.05) is 23.3 Å². The van der Waals surface area contributed by atoms with Crippen molar-refractivity contribution in [1.82, 2.24) is 0 Å². The van der Waals surface area contributed by atoms with Crippen LogP contribution in [0, 0.1) is 6.92 Å². The van der Waals surface area contributed by atoms with Gasteiger partial charge in [-0.15, -0.1) is 0 Å². The highest BCUT2D eigenvalue weighted by Gasteiger charge is 2.37. The van der Waals surface area contributed by atoms with Crippen molar-refractivity contribution in [3.8, 4) is 5.75 Å². The van der Waals surface area contributed by atoms with Gasteiger partial charge in [0.05, 0.1) is 29.8 Å². The first-order valence-electron chi connectivity index (χ1n) is 10.1. The van der Waals surface area contributed by atoms with Gasteiger partial charge >= 0.3 is 5.97 Å². The number of hydrogen-bond acceptors (Lipinski definition) is 6. The van der Waals surface area contributed by atoms with Crippen molar-refractivity contribution in [2.45, 2.75) is 17.9 Å². The molecule has 0 saturated carbocycles. The molecule has 1 amide bonds. The fourth-order valence-electron chi connectivity index (χ4n) is 3.60. The van der Waals surface area contributed by atoms with Crippen LogP contribution >= 0.6 is 0 Å². The van der Waals surface area contributed by atoms with Gasteiger partial charge in [0.25, 0.3) is 15.9 Å². The standard InChI is InChI=1S/C24H22N2O6S/c1-16-18(24(28)31-2)11-8-12-19(16)25-23(27)22-15-26(20-13-6-7-14-21(20)32-22)33(29,30)17-9-4-3-5-10-17/h3-14,22H,15H2,1-2H3,(H,25,27)/t22-/m1/s1. The Morgan fingerprint density at radius 1 is 1.00 bits per heavy atom. The van der Waals surface area contributed by atoms with Crippen molar-refractivity contribution in [3.05, 3.63) is 83.9 Å². The number of sulfonamides is 1. The van der Waals surface area contributed by atoms with Gasteiger partial charge in [0.1, 0.15) is 5.75 Å². The number of methoxy groups -OCH3 is 1. The second-order valence-electron chi connectivity index (χ2n) is 7.38. The van der Waals surface area contributed by atoms with Crippen LogP contribution in [0.15, 0.2) is 77.7 Å². The topological polar surface area (TPSA) is 102 Å². The summed E-state index contributed by atoms with van der Waals surface area (Å²) in [5, 5.41) is 2.75. The van der Waals surface area contributed by atoms with Crippen LogP contribution in [0.5, 0.6) is 5.75 Å². The molecule has 4 rings (SSSR count). The SMILES string of the molecule is COC(=O)c1cccc(NC(=O)[C@H]2CN(S(=O)(=O)c3ccccc3)c3ccccc3O2)c1C. The highest BCUT2D eigenvalue weighted by Crippen LogP contribution is 2.37. The lowest BCUT2D eigenvalue weighted by atomic mass is 10.1. The number of fused-ring (bicyclic) bond motifs is 1. The van der Waals surface area contributed by atoms with E-state index in [0.717, 1.165) is 0 Å². The molecule has 1 aliphatic heterocycles. The van der Waals surface area contributed by atoms with Gasteiger partial charge in [-0.1, -0.05) is 36.4 Å². The average Bonchev–Trinajstić information content (AvgIpc) is 2.84. The van der Waals surface area contributed by atoms with E-state index in [2.05, 4.69) is 5.32 Å². The van der Waals surface area contributed by atoms with E-state index in [9.17, 15) is 18.0 Å². The molecule has 8 nitrogen and oxygen atoms in total. The maximum atomic E-state index is 13.4. The van der Waals surface area contributed by atoms with Gasteiger partial charge in [0, 0.05) is 5.69 Å². The number of ether oxygens (including phenoxy) is 2. The van der Waals surface area contributed by atoms with E-state index in [0.29, 0.717) is 22.5 Å². The summed E-state index contributed by atoms with van der Waals surface area (Å²) in [6, 6.07) is 19.5. The van der Waals surface area contributed by atoms with Gasteiger partial charge in [-0.3, -0.25) is 9.10 Å². The normalized spacial score (nSPS) is 15.2. The number of rotatable bonds is 5. The number of anilines is 2. The van der Waals surface area contributed by atoms with Crippen LogP contribution in [0.2, 0.25) is 0 Å². The molecule has 0 radical (unpaired) electrons. The summed E-state index contributed by atoms with van der Waals surface area (Å²) >= 11 is 0. The van der Waals surface area contributed by atoms with Crippen LogP contribution in [0.3, 0.4) is 0 Å². The smallest absolute Gasteiger partial charge is 0.338 e.